The second-order valence-electron chi connectivity index (χ2n) is 15.6. The van der Waals surface area contributed by atoms with Gasteiger partial charge in [0.05, 0.1) is 5.56 Å². The number of nitrogens with two attached hydrogens (primary N) is 2. The number of allylic oxidation sites excluding steroid dienone is 2. The Bertz CT molecular complexity index is 1170. The van der Waals surface area contributed by atoms with Crippen LogP contribution in [0.4, 0.5) is 11.4 Å². The van der Waals surface area contributed by atoms with E-state index in [0.717, 1.165) is 36.0 Å². The highest BCUT2D eigenvalue weighted by Crippen LogP contribution is 2.82. The van der Waals surface area contributed by atoms with Crippen molar-refractivity contribution in [1.29, 1.82) is 0 Å². The highest BCUT2D eigenvalue weighted by Gasteiger charge is 2.78. The molecule has 5 fully saturated rings. The summed E-state index contributed by atoms with van der Waals surface area (Å²) in [5, 5.41) is 0. The first-order valence-electron chi connectivity index (χ1n) is 16.4. The molecule has 0 aliphatic heterocycles. The fraction of sp³-hybridized carbons (Fsp3) is 0.750. The quantitative estimate of drug-likeness (QED) is 0.204. The Morgan fingerprint density at radius 2 is 1.65 bits per heavy atom. The van der Waals surface area contributed by atoms with E-state index in [-0.39, 0.29) is 17.5 Å². The summed E-state index contributed by atoms with van der Waals surface area (Å²) in [7, 11) is 0. The number of nitrogen functional groups attached to an aromatic ring is 2. The molecular formula is C36H54N2O2. The lowest BCUT2D eigenvalue weighted by atomic mass is 9.47. The molecule has 0 amide bonds. The molecular weight excluding hydrogens is 492 g/mol. The van der Waals surface area contributed by atoms with Crippen molar-refractivity contribution in [3.05, 3.63) is 35.4 Å². The second kappa shape index (κ2) is 9.80. The Balaban J connectivity index is 1.20. The first-order valence-corrected chi connectivity index (χ1v) is 16.4. The van der Waals surface area contributed by atoms with Crippen LogP contribution in [0.2, 0.25) is 0 Å². The van der Waals surface area contributed by atoms with E-state index in [1.165, 1.54) is 63.4 Å². The Morgan fingerprint density at radius 3 is 2.33 bits per heavy atom. The third-order valence-electron chi connectivity index (χ3n) is 13.6. The van der Waals surface area contributed by atoms with Crippen LogP contribution in [0.3, 0.4) is 0 Å². The van der Waals surface area contributed by atoms with Crippen LogP contribution in [-0.2, 0) is 4.74 Å². The average molecular weight is 547 g/mol. The summed E-state index contributed by atoms with van der Waals surface area (Å²) in [6.07, 6.45) is 15.6. The van der Waals surface area contributed by atoms with Gasteiger partial charge in [0.15, 0.2) is 0 Å². The molecule has 40 heavy (non-hydrogen) atoms. The third kappa shape index (κ3) is 4.17. The van der Waals surface area contributed by atoms with Gasteiger partial charge in [-0.15, -0.1) is 0 Å². The maximum atomic E-state index is 13.2. The normalized spacial score (nSPS) is 43.6. The van der Waals surface area contributed by atoms with Gasteiger partial charge < -0.3 is 16.2 Å². The smallest absolute Gasteiger partial charge is 0.338 e. The van der Waals surface area contributed by atoms with Gasteiger partial charge in [-0.05, 0) is 142 Å². The zero-order valence-electron chi connectivity index (χ0n) is 26.0. The molecule has 0 spiro atoms. The van der Waals surface area contributed by atoms with Gasteiger partial charge in [0.1, 0.15) is 6.10 Å². The molecule has 0 aromatic heterocycles. The highest BCUT2D eigenvalue weighted by atomic mass is 16.5. The van der Waals surface area contributed by atoms with E-state index in [4.69, 9.17) is 16.2 Å². The standard InChI is InChI=1S/C36H54N2O2/c1-7-22(10-8-9-21(2)3)27-11-12-28-26-20-30-32-35(5,29(26)13-15-34(27,28)4)16-14-31(36(30,32)6)40-33(39)23-17-24(37)19-25(38)18-23/h9,17-19,22,26-32H,7-8,10-16,20,37-38H2,1-6H3. The van der Waals surface area contributed by atoms with Crippen molar-refractivity contribution in [1.82, 2.24) is 0 Å². The Morgan fingerprint density at radius 1 is 0.975 bits per heavy atom. The van der Waals surface area contributed by atoms with Crippen molar-refractivity contribution >= 4 is 17.3 Å². The molecule has 0 saturated heterocycles. The predicted octanol–water partition coefficient (Wildman–Crippen LogP) is 8.66. The number of carbonyl (C=O) groups excluding carboxylic acids is 1. The predicted molar refractivity (Wildman–Crippen MR) is 164 cm³/mol. The number of esters is 1. The van der Waals surface area contributed by atoms with E-state index in [2.05, 4.69) is 47.6 Å². The van der Waals surface area contributed by atoms with Crippen LogP contribution >= 0.6 is 0 Å². The summed E-state index contributed by atoms with van der Waals surface area (Å²) in [6.45, 7) is 14.7. The Hall–Kier alpha value is -1.97. The zero-order valence-corrected chi connectivity index (χ0v) is 26.0. The molecule has 4 N–H and O–H groups in total. The van der Waals surface area contributed by atoms with E-state index in [9.17, 15) is 4.79 Å². The van der Waals surface area contributed by atoms with Crippen molar-refractivity contribution in [2.75, 3.05) is 11.5 Å². The molecule has 4 heteroatoms. The number of anilines is 2. The number of benzene rings is 1. The maximum absolute atomic E-state index is 13.2. The molecule has 0 heterocycles. The molecule has 5 aliphatic rings. The monoisotopic (exact) mass is 546 g/mol. The summed E-state index contributed by atoms with van der Waals surface area (Å²) in [4.78, 5) is 13.2. The van der Waals surface area contributed by atoms with E-state index >= 15 is 0 Å². The van der Waals surface area contributed by atoms with Crippen LogP contribution < -0.4 is 11.5 Å². The second-order valence-corrected chi connectivity index (χ2v) is 15.6. The Labute approximate surface area is 243 Å². The first kappa shape index (κ1) is 28.2. The van der Waals surface area contributed by atoms with Gasteiger partial charge in [-0.25, -0.2) is 4.79 Å². The fourth-order valence-electron chi connectivity index (χ4n) is 11.9. The van der Waals surface area contributed by atoms with E-state index < -0.39 is 0 Å². The molecule has 11 atom stereocenters. The van der Waals surface area contributed by atoms with Gasteiger partial charge in [0.2, 0.25) is 0 Å². The average Bonchev–Trinajstić information content (AvgIpc) is 3.35. The maximum Gasteiger partial charge on any atom is 0.338 e. The minimum atomic E-state index is -0.264. The van der Waals surface area contributed by atoms with Gasteiger partial charge in [0.25, 0.3) is 0 Å². The SMILES string of the molecule is CCC(CCC=C(C)C)C1CCC2C3CC4C5C(C)(CCC(OC(=O)c6cc(N)cc(N)c6)C45C)C3CCC12C. The number of hydrogen-bond acceptors (Lipinski definition) is 4. The largest absolute Gasteiger partial charge is 0.458 e. The number of carbonyl (C=O) groups is 1. The summed E-state index contributed by atoms with van der Waals surface area (Å²) in [5.41, 5.74) is 15.9. The molecule has 220 valence electrons. The highest BCUT2D eigenvalue weighted by molar-refractivity contribution is 5.92. The summed E-state index contributed by atoms with van der Waals surface area (Å²) in [6, 6.07) is 5.08. The minimum absolute atomic E-state index is 0.00635. The molecule has 4 nitrogen and oxygen atoms in total. The number of fused-ring (bicyclic) bond motifs is 5. The zero-order chi connectivity index (χ0) is 28.6. The lowest BCUT2D eigenvalue weighted by Crippen LogP contribution is -2.51. The molecule has 1 aromatic rings. The van der Waals surface area contributed by atoms with Crippen molar-refractivity contribution in [3.8, 4) is 0 Å². The number of ether oxygens (including phenoxy) is 1. The Kier molecular flexibility index (Phi) is 6.90. The van der Waals surface area contributed by atoms with E-state index in [0.29, 0.717) is 39.6 Å². The van der Waals surface area contributed by atoms with Crippen molar-refractivity contribution in [3.63, 3.8) is 0 Å². The summed E-state index contributed by atoms with van der Waals surface area (Å²) in [5.74, 6) is 5.40. The molecule has 5 saturated carbocycles. The van der Waals surface area contributed by atoms with Crippen molar-refractivity contribution < 1.29 is 9.53 Å². The number of rotatable bonds is 7. The topological polar surface area (TPSA) is 78.3 Å². The van der Waals surface area contributed by atoms with Crippen LogP contribution in [0.1, 0.15) is 116 Å². The molecule has 5 aliphatic carbocycles. The van der Waals surface area contributed by atoms with Gasteiger partial charge in [-0.3, -0.25) is 0 Å². The van der Waals surface area contributed by atoms with Gasteiger partial charge >= 0.3 is 5.97 Å². The molecule has 1 aromatic carbocycles. The number of hydrogen-bond donors (Lipinski definition) is 2. The minimum Gasteiger partial charge on any atom is -0.458 e. The molecule has 6 rings (SSSR count). The van der Waals surface area contributed by atoms with Crippen LogP contribution in [0.15, 0.2) is 29.8 Å². The van der Waals surface area contributed by atoms with Crippen LogP contribution in [0, 0.1) is 57.7 Å². The molecule has 0 radical (unpaired) electrons. The van der Waals surface area contributed by atoms with E-state index in [1.54, 1.807) is 18.2 Å². The summed E-state index contributed by atoms with van der Waals surface area (Å²) >= 11 is 0. The van der Waals surface area contributed by atoms with Gasteiger partial charge in [-0.1, -0.05) is 45.8 Å². The molecule has 0 bridgehead atoms. The van der Waals surface area contributed by atoms with Crippen molar-refractivity contribution in [2.45, 2.75) is 112 Å². The molecule has 11 unspecified atom stereocenters. The fourth-order valence-corrected chi connectivity index (χ4v) is 11.9. The van der Waals surface area contributed by atoms with Crippen LogP contribution in [0.5, 0.6) is 0 Å². The van der Waals surface area contributed by atoms with Crippen molar-refractivity contribution in [2.24, 2.45) is 57.7 Å². The van der Waals surface area contributed by atoms with Gasteiger partial charge in [-0.2, -0.15) is 0 Å². The first-order chi connectivity index (χ1) is 18.9. The lowest BCUT2D eigenvalue weighted by molar-refractivity contribution is -0.0983. The van der Waals surface area contributed by atoms with Gasteiger partial charge in [0, 0.05) is 16.8 Å². The summed E-state index contributed by atoms with van der Waals surface area (Å²) < 4.78 is 6.32. The van der Waals surface area contributed by atoms with Crippen LogP contribution in [0.25, 0.3) is 0 Å². The van der Waals surface area contributed by atoms with Crippen LogP contribution in [-0.4, -0.2) is 12.1 Å². The van der Waals surface area contributed by atoms with E-state index in [1.807, 2.05) is 0 Å². The third-order valence-corrected chi connectivity index (χ3v) is 13.6. The lowest BCUT2D eigenvalue weighted by Gasteiger charge is -2.58.